The normalized spacial score (nSPS) is 25.0. The molecule has 2 aliphatic rings. The first-order chi connectivity index (χ1) is 13.1. The van der Waals surface area contributed by atoms with Crippen molar-refractivity contribution in [2.45, 2.75) is 44.4 Å². The van der Waals surface area contributed by atoms with E-state index in [0.29, 0.717) is 24.0 Å². The molecule has 146 valence electrons. The molecule has 0 bridgehead atoms. The lowest BCUT2D eigenvalue weighted by molar-refractivity contribution is -0.0745. The lowest BCUT2D eigenvalue weighted by Gasteiger charge is -2.46. The van der Waals surface area contributed by atoms with Gasteiger partial charge in [-0.15, -0.1) is 5.10 Å². The van der Waals surface area contributed by atoms with Crippen molar-refractivity contribution in [3.63, 3.8) is 0 Å². The number of morpholine rings is 1. The molecule has 0 radical (unpaired) electrons. The van der Waals surface area contributed by atoms with E-state index in [1.54, 1.807) is 0 Å². The summed E-state index contributed by atoms with van der Waals surface area (Å²) in [7, 11) is 0. The minimum Gasteiger partial charge on any atom is -0.376 e. The number of piperidine rings is 1. The van der Waals surface area contributed by atoms with E-state index < -0.39 is 0 Å². The second-order valence-electron chi connectivity index (χ2n) is 7.56. The Balaban J connectivity index is 1.41. The van der Waals surface area contributed by atoms with E-state index in [1.807, 2.05) is 12.1 Å². The molecule has 2 aromatic rings. The van der Waals surface area contributed by atoms with Gasteiger partial charge in [0, 0.05) is 36.7 Å². The van der Waals surface area contributed by atoms with Gasteiger partial charge in [0.1, 0.15) is 0 Å². The molecule has 2 saturated heterocycles. The van der Waals surface area contributed by atoms with Gasteiger partial charge in [0.15, 0.2) is 0 Å². The average molecular weight is 391 g/mol. The fraction of sp³-hybridized carbons (Fsp3) is 0.579. The van der Waals surface area contributed by atoms with Crippen LogP contribution in [0.1, 0.15) is 25.3 Å². The Morgan fingerprint density at radius 3 is 2.67 bits per heavy atom. The highest BCUT2D eigenvalue weighted by Gasteiger charge is 2.34. The number of halogens is 1. The molecule has 0 spiro atoms. The minimum atomic E-state index is 0.275. The molecule has 27 heavy (non-hydrogen) atoms. The van der Waals surface area contributed by atoms with Gasteiger partial charge in [-0.2, -0.15) is 4.98 Å². The van der Waals surface area contributed by atoms with Crippen LogP contribution < -0.4 is 10.6 Å². The van der Waals surface area contributed by atoms with Crippen molar-refractivity contribution in [3.8, 4) is 0 Å². The monoisotopic (exact) mass is 390 g/mol. The number of rotatable bonds is 4. The van der Waals surface area contributed by atoms with Crippen molar-refractivity contribution in [2.75, 3.05) is 36.9 Å². The third kappa shape index (κ3) is 4.36. The molecule has 3 N–H and O–H groups in total. The van der Waals surface area contributed by atoms with E-state index in [2.05, 4.69) is 44.0 Å². The van der Waals surface area contributed by atoms with Gasteiger partial charge in [-0.25, -0.2) is 5.10 Å². The quantitative estimate of drug-likeness (QED) is 0.833. The molecule has 1 aromatic heterocycles. The third-order valence-corrected chi connectivity index (χ3v) is 5.85. The number of nitrogens with zero attached hydrogens (tertiary/aromatic N) is 4. The van der Waals surface area contributed by atoms with E-state index in [-0.39, 0.29) is 6.10 Å². The Morgan fingerprint density at radius 2 is 2.00 bits per heavy atom. The number of ether oxygens (including phenoxy) is 1. The Bertz CT molecular complexity index is 743. The maximum absolute atomic E-state index is 6.03. The number of anilines is 2. The standard InChI is InChI=1S/C19H27ClN6O/c1-13-11-26(17(12-27-13)10-14-2-4-15(20)5-3-14)16-6-8-25(9-7-16)19-22-18(21)23-24-19/h2-5,13,16-17H,6-12H2,1H3,(H3,21,22,23,24)/t13?,17-/m0/s1. The molecule has 2 fully saturated rings. The second-order valence-corrected chi connectivity index (χ2v) is 8.00. The van der Waals surface area contributed by atoms with Crippen LogP contribution in [0.3, 0.4) is 0 Å². The number of H-pyrrole nitrogens is 1. The molecule has 1 aromatic carbocycles. The molecule has 3 heterocycles. The summed E-state index contributed by atoms with van der Waals surface area (Å²) in [5.74, 6) is 1.08. The molecule has 0 amide bonds. The number of aromatic amines is 1. The lowest BCUT2D eigenvalue weighted by atomic mass is 9.96. The number of aromatic nitrogens is 3. The molecule has 7 nitrogen and oxygen atoms in total. The molecule has 0 saturated carbocycles. The van der Waals surface area contributed by atoms with Crippen LogP contribution in [0.15, 0.2) is 24.3 Å². The molecule has 0 aliphatic carbocycles. The van der Waals surface area contributed by atoms with Crippen molar-refractivity contribution in [1.82, 2.24) is 20.1 Å². The van der Waals surface area contributed by atoms with Crippen LogP contribution in [0.5, 0.6) is 0 Å². The minimum absolute atomic E-state index is 0.275. The summed E-state index contributed by atoms with van der Waals surface area (Å²) < 4.78 is 5.98. The van der Waals surface area contributed by atoms with Crippen LogP contribution in [0.2, 0.25) is 5.02 Å². The number of nitrogen functional groups attached to an aromatic ring is 1. The summed E-state index contributed by atoms with van der Waals surface area (Å²) >= 11 is 6.03. The molecule has 4 rings (SSSR count). The summed E-state index contributed by atoms with van der Waals surface area (Å²) in [4.78, 5) is 9.12. The van der Waals surface area contributed by atoms with Gasteiger partial charge >= 0.3 is 0 Å². The predicted molar refractivity (Wildman–Crippen MR) is 107 cm³/mol. The van der Waals surface area contributed by atoms with Crippen LogP contribution in [-0.4, -0.2) is 64.5 Å². The highest BCUT2D eigenvalue weighted by atomic mass is 35.5. The second kappa shape index (κ2) is 8.04. The van der Waals surface area contributed by atoms with E-state index in [0.717, 1.165) is 50.5 Å². The van der Waals surface area contributed by atoms with E-state index >= 15 is 0 Å². The Labute approximate surface area is 164 Å². The number of hydrogen-bond acceptors (Lipinski definition) is 6. The molecular weight excluding hydrogens is 364 g/mol. The van der Waals surface area contributed by atoms with Crippen LogP contribution in [0, 0.1) is 0 Å². The summed E-state index contributed by atoms with van der Waals surface area (Å²) in [6.45, 7) is 5.82. The first-order valence-electron chi connectivity index (χ1n) is 9.63. The third-order valence-electron chi connectivity index (χ3n) is 5.60. The van der Waals surface area contributed by atoms with Crippen molar-refractivity contribution in [2.24, 2.45) is 0 Å². The first kappa shape index (κ1) is 18.5. The van der Waals surface area contributed by atoms with Crippen molar-refractivity contribution < 1.29 is 4.74 Å². The van der Waals surface area contributed by atoms with Crippen LogP contribution in [-0.2, 0) is 11.2 Å². The topological polar surface area (TPSA) is 83.3 Å². The van der Waals surface area contributed by atoms with Crippen molar-refractivity contribution in [3.05, 3.63) is 34.9 Å². The van der Waals surface area contributed by atoms with Gasteiger partial charge in [0.2, 0.25) is 11.9 Å². The Hall–Kier alpha value is -1.83. The van der Waals surface area contributed by atoms with Gasteiger partial charge in [0.05, 0.1) is 12.7 Å². The first-order valence-corrected chi connectivity index (χ1v) is 10.0. The summed E-state index contributed by atoms with van der Waals surface area (Å²) in [5, 5.41) is 7.69. The summed E-state index contributed by atoms with van der Waals surface area (Å²) in [6, 6.07) is 9.13. The number of hydrogen-bond donors (Lipinski definition) is 2. The number of nitrogens with two attached hydrogens (primary N) is 1. The summed E-state index contributed by atoms with van der Waals surface area (Å²) in [6.07, 6.45) is 3.45. The molecule has 1 unspecified atom stereocenters. The van der Waals surface area contributed by atoms with Gasteiger partial charge in [-0.05, 0) is 43.9 Å². The molecular formula is C19H27ClN6O. The zero-order valence-electron chi connectivity index (χ0n) is 15.6. The van der Waals surface area contributed by atoms with Gasteiger partial charge < -0.3 is 15.4 Å². The zero-order chi connectivity index (χ0) is 18.8. The summed E-state index contributed by atoms with van der Waals surface area (Å²) in [5.41, 5.74) is 6.97. The molecule has 8 heteroatoms. The number of nitrogens with one attached hydrogen (secondary N) is 1. The molecule has 2 aliphatic heterocycles. The largest absolute Gasteiger partial charge is 0.376 e. The van der Waals surface area contributed by atoms with E-state index in [4.69, 9.17) is 22.1 Å². The Kier molecular flexibility index (Phi) is 5.52. The Morgan fingerprint density at radius 1 is 1.26 bits per heavy atom. The average Bonchev–Trinajstić information content (AvgIpc) is 3.11. The SMILES string of the molecule is CC1CN(C2CCN(c3n[nH]c(N)n3)CC2)[C@@H](Cc2ccc(Cl)cc2)CO1. The van der Waals surface area contributed by atoms with Crippen LogP contribution >= 0.6 is 11.6 Å². The van der Waals surface area contributed by atoms with Crippen molar-refractivity contribution >= 4 is 23.5 Å². The van der Waals surface area contributed by atoms with Gasteiger partial charge in [0.25, 0.3) is 0 Å². The maximum Gasteiger partial charge on any atom is 0.246 e. The maximum atomic E-state index is 6.03. The van der Waals surface area contributed by atoms with E-state index in [1.165, 1.54) is 5.56 Å². The fourth-order valence-corrected chi connectivity index (χ4v) is 4.32. The smallest absolute Gasteiger partial charge is 0.246 e. The lowest BCUT2D eigenvalue weighted by Crippen LogP contribution is -2.56. The van der Waals surface area contributed by atoms with Crippen molar-refractivity contribution in [1.29, 1.82) is 0 Å². The highest BCUT2D eigenvalue weighted by Crippen LogP contribution is 2.26. The van der Waals surface area contributed by atoms with Crippen LogP contribution in [0.25, 0.3) is 0 Å². The van der Waals surface area contributed by atoms with Gasteiger partial charge in [-0.1, -0.05) is 23.7 Å². The van der Waals surface area contributed by atoms with E-state index in [9.17, 15) is 0 Å². The number of benzene rings is 1. The predicted octanol–water partition coefficient (Wildman–Crippen LogP) is 2.34. The zero-order valence-corrected chi connectivity index (χ0v) is 16.4. The van der Waals surface area contributed by atoms with Crippen LogP contribution in [0.4, 0.5) is 11.9 Å². The highest BCUT2D eigenvalue weighted by molar-refractivity contribution is 6.30. The molecule has 2 atom stereocenters. The van der Waals surface area contributed by atoms with Gasteiger partial charge in [-0.3, -0.25) is 4.90 Å². The fourth-order valence-electron chi connectivity index (χ4n) is 4.19.